The Hall–Kier alpha value is -2.21. The molecule has 5 nitrogen and oxygen atoms in total. The fourth-order valence-electron chi connectivity index (χ4n) is 1.96. The number of para-hydroxylation sites is 1. The van der Waals surface area contributed by atoms with Gasteiger partial charge in [-0.1, -0.05) is 29.5 Å². The Bertz CT molecular complexity index is 679. The van der Waals surface area contributed by atoms with E-state index in [0.29, 0.717) is 21.5 Å². The summed E-state index contributed by atoms with van der Waals surface area (Å²) in [6, 6.07) is 7.35. The van der Waals surface area contributed by atoms with Gasteiger partial charge in [-0.15, -0.1) is 0 Å². The molecule has 0 saturated carbocycles. The maximum atomic E-state index is 12.1. The highest BCUT2D eigenvalue weighted by molar-refractivity contribution is 7.17. The highest BCUT2D eigenvalue weighted by Crippen LogP contribution is 2.24. The topological polar surface area (TPSA) is 68.3 Å². The molecule has 21 heavy (non-hydrogen) atoms. The summed E-state index contributed by atoms with van der Waals surface area (Å²) >= 11 is 1.19. The number of benzene rings is 1. The summed E-state index contributed by atoms with van der Waals surface area (Å²) in [5, 5.41) is 3.16. The molecule has 2 aromatic rings. The van der Waals surface area contributed by atoms with E-state index in [0.717, 1.165) is 5.56 Å². The van der Waals surface area contributed by atoms with Gasteiger partial charge >= 0.3 is 0 Å². The van der Waals surface area contributed by atoms with Crippen molar-refractivity contribution in [3.05, 3.63) is 40.4 Å². The van der Waals surface area contributed by atoms with Gasteiger partial charge in [0.1, 0.15) is 5.75 Å². The summed E-state index contributed by atoms with van der Waals surface area (Å²) in [5.74, 6) is 0.436. The van der Waals surface area contributed by atoms with E-state index in [1.807, 2.05) is 24.3 Å². The molecular formula is C15H16N2O3S. The maximum Gasteiger partial charge on any atom is 0.230 e. The number of nitrogens with one attached hydrogen (secondary N) is 1. The number of ketones is 1. The number of amides is 1. The number of ether oxygens (including phenoxy) is 1. The predicted molar refractivity (Wildman–Crippen MR) is 82.2 cm³/mol. The lowest BCUT2D eigenvalue weighted by Gasteiger charge is -2.07. The van der Waals surface area contributed by atoms with E-state index in [2.05, 4.69) is 10.3 Å². The maximum absolute atomic E-state index is 12.1. The van der Waals surface area contributed by atoms with Crippen molar-refractivity contribution < 1.29 is 14.3 Å². The van der Waals surface area contributed by atoms with Gasteiger partial charge in [-0.25, -0.2) is 4.98 Å². The second-order valence-electron chi connectivity index (χ2n) is 4.53. The number of carbonyl (C=O) groups excluding carboxylic acids is 2. The van der Waals surface area contributed by atoms with Crippen LogP contribution in [0.4, 0.5) is 5.13 Å². The minimum Gasteiger partial charge on any atom is -0.496 e. The molecule has 110 valence electrons. The number of aryl methyl sites for hydroxylation is 1. The molecule has 0 fully saturated rings. The summed E-state index contributed by atoms with van der Waals surface area (Å²) in [4.78, 5) is 28.2. The zero-order valence-electron chi connectivity index (χ0n) is 12.1. The molecular weight excluding hydrogens is 288 g/mol. The van der Waals surface area contributed by atoms with Gasteiger partial charge < -0.3 is 10.1 Å². The largest absolute Gasteiger partial charge is 0.496 e. The van der Waals surface area contributed by atoms with Gasteiger partial charge in [-0.3, -0.25) is 9.59 Å². The molecule has 0 unspecified atom stereocenters. The SMILES string of the molecule is COc1ccccc1CC(=O)Nc1nc(C)c(C(C)=O)s1. The van der Waals surface area contributed by atoms with Crippen LogP contribution in [0.15, 0.2) is 24.3 Å². The molecule has 0 aliphatic carbocycles. The van der Waals surface area contributed by atoms with E-state index in [1.165, 1.54) is 18.3 Å². The number of thiazole rings is 1. The Balaban J connectivity index is 2.08. The van der Waals surface area contributed by atoms with Gasteiger partial charge in [0.05, 0.1) is 24.1 Å². The summed E-state index contributed by atoms with van der Waals surface area (Å²) < 4.78 is 5.21. The molecule has 6 heteroatoms. The first kappa shape index (κ1) is 15.2. The van der Waals surface area contributed by atoms with Gasteiger partial charge in [0, 0.05) is 12.5 Å². The van der Waals surface area contributed by atoms with Crippen molar-refractivity contribution in [2.24, 2.45) is 0 Å². The molecule has 2 rings (SSSR count). The molecule has 1 N–H and O–H groups in total. The number of anilines is 1. The Morgan fingerprint density at radius 2 is 2.05 bits per heavy atom. The molecule has 1 aromatic heterocycles. The lowest BCUT2D eigenvalue weighted by molar-refractivity contribution is -0.115. The standard InChI is InChI=1S/C15H16N2O3S/c1-9-14(10(2)18)21-15(16-9)17-13(19)8-11-6-4-5-7-12(11)20-3/h4-7H,8H2,1-3H3,(H,16,17,19). The molecule has 1 aromatic carbocycles. The van der Waals surface area contributed by atoms with Crippen molar-refractivity contribution in [3.8, 4) is 5.75 Å². The molecule has 0 aliphatic heterocycles. The van der Waals surface area contributed by atoms with E-state index >= 15 is 0 Å². The first-order chi connectivity index (χ1) is 10.0. The van der Waals surface area contributed by atoms with Crippen LogP contribution >= 0.6 is 11.3 Å². The summed E-state index contributed by atoms with van der Waals surface area (Å²) in [7, 11) is 1.57. The molecule has 0 spiro atoms. The van der Waals surface area contributed by atoms with Crippen LogP contribution in [0.2, 0.25) is 0 Å². The lowest BCUT2D eigenvalue weighted by atomic mass is 10.1. The predicted octanol–water partition coefficient (Wildman–Crippen LogP) is 2.84. The van der Waals surface area contributed by atoms with Crippen molar-refractivity contribution in [1.29, 1.82) is 0 Å². The molecule has 1 heterocycles. The lowest BCUT2D eigenvalue weighted by Crippen LogP contribution is -2.14. The van der Waals surface area contributed by atoms with Gasteiger partial charge in [0.25, 0.3) is 0 Å². The fraction of sp³-hybridized carbons (Fsp3) is 0.267. The van der Waals surface area contributed by atoms with Crippen molar-refractivity contribution in [2.45, 2.75) is 20.3 Å². The number of methoxy groups -OCH3 is 1. The third kappa shape index (κ3) is 3.66. The second kappa shape index (κ2) is 6.49. The van der Waals surface area contributed by atoms with Gasteiger partial charge in [-0.05, 0) is 13.0 Å². The zero-order chi connectivity index (χ0) is 15.4. The Labute approximate surface area is 127 Å². The van der Waals surface area contributed by atoms with Crippen LogP contribution < -0.4 is 10.1 Å². The van der Waals surface area contributed by atoms with E-state index in [9.17, 15) is 9.59 Å². The van der Waals surface area contributed by atoms with Crippen LogP contribution in [-0.2, 0) is 11.2 Å². The third-order valence-electron chi connectivity index (χ3n) is 2.91. The highest BCUT2D eigenvalue weighted by atomic mass is 32.1. The van der Waals surface area contributed by atoms with Crippen LogP contribution in [0.1, 0.15) is 27.9 Å². The normalized spacial score (nSPS) is 10.2. The summed E-state index contributed by atoms with van der Waals surface area (Å²) in [5.41, 5.74) is 1.44. The van der Waals surface area contributed by atoms with Crippen LogP contribution in [-0.4, -0.2) is 23.8 Å². The molecule has 0 aliphatic rings. The van der Waals surface area contributed by atoms with Crippen molar-refractivity contribution >= 4 is 28.2 Å². The van der Waals surface area contributed by atoms with Crippen LogP contribution in [0.25, 0.3) is 0 Å². The van der Waals surface area contributed by atoms with Crippen molar-refractivity contribution in [3.63, 3.8) is 0 Å². The minimum absolute atomic E-state index is 0.0461. The summed E-state index contributed by atoms with van der Waals surface area (Å²) in [6.07, 6.45) is 0.193. The monoisotopic (exact) mass is 304 g/mol. The fourth-order valence-corrected chi connectivity index (χ4v) is 2.84. The highest BCUT2D eigenvalue weighted by Gasteiger charge is 2.14. The van der Waals surface area contributed by atoms with E-state index in [-0.39, 0.29) is 18.1 Å². The van der Waals surface area contributed by atoms with E-state index in [1.54, 1.807) is 14.0 Å². The number of Topliss-reactive ketones (excluding diaryl/α,β-unsaturated/α-hetero) is 1. The number of aromatic nitrogens is 1. The number of hydrogen-bond donors (Lipinski definition) is 1. The van der Waals surface area contributed by atoms with Gasteiger partial charge in [-0.2, -0.15) is 0 Å². The first-order valence-corrected chi connectivity index (χ1v) is 7.23. The smallest absolute Gasteiger partial charge is 0.230 e. The van der Waals surface area contributed by atoms with Crippen molar-refractivity contribution in [2.75, 3.05) is 12.4 Å². The van der Waals surface area contributed by atoms with Crippen molar-refractivity contribution in [1.82, 2.24) is 4.98 Å². The second-order valence-corrected chi connectivity index (χ2v) is 5.53. The third-order valence-corrected chi connectivity index (χ3v) is 4.08. The number of carbonyl (C=O) groups is 2. The Morgan fingerprint density at radius 1 is 1.33 bits per heavy atom. The first-order valence-electron chi connectivity index (χ1n) is 6.41. The average Bonchev–Trinajstić information content (AvgIpc) is 2.80. The van der Waals surface area contributed by atoms with Crippen LogP contribution in [0.3, 0.4) is 0 Å². The molecule has 0 bridgehead atoms. The van der Waals surface area contributed by atoms with Gasteiger partial charge in [0.15, 0.2) is 10.9 Å². The quantitative estimate of drug-likeness (QED) is 0.862. The number of rotatable bonds is 5. The molecule has 0 atom stereocenters. The minimum atomic E-state index is -0.191. The van der Waals surface area contributed by atoms with Crippen LogP contribution in [0, 0.1) is 6.92 Å². The molecule has 0 radical (unpaired) electrons. The Morgan fingerprint density at radius 3 is 2.67 bits per heavy atom. The number of nitrogens with zero attached hydrogens (tertiary/aromatic N) is 1. The Kier molecular flexibility index (Phi) is 4.70. The van der Waals surface area contributed by atoms with Gasteiger partial charge in [0.2, 0.25) is 5.91 Å². The zero-order valence-corrected chi connectivity index (χ0v) is 12.9. The van der Waals surface area contributed by atoms with Crippen LogP contribution in [0.5, 0.6) is 5.75 Å². The summed E-state index contributed by atoms with van der Waals surface area (Å²) in [6.45, 7) is 3.24. The van der Waals surface area contributed by atoms with E-state index in [4.69, 9.17) is 4.74 Å². The molecule has 1 amide bonds. The molecule has 0 saturated heterocycles. The number of hydrogen-bond acceptors (Lipinski definition) is 5. The average molecular weight is 304 g/mol. The van der Waals surface area contributed by atoms with E-state index < -0.39 is 0 Å².